The zero-order chi connectivity index (χ0) is 33.4. The minimum Gasteiger partial charge on any atom is -0.512 e. The number of rotatable bonds is 5. The fraction of sp³-hybridized carbons (Fsp3) is 0.0930. The van der Waals surface area contributed by atoms with E-state index < -0.39 is 0 Å². The Hall–Kier alpha value is -5.30. The predicted octanol–water partition coefficient (Wildman–Crippen LogP) is 11.0. The van der Waals surface area contributed by atoms with Crippen molar-refractivity contribution in [2.45, 2.75) is 20.8 Å². The van der Waals surface area contributed by atoms with Crippen molar-refractivity contribution in [1.82, 2.24) is 0 Å². The number of hydrogen-bond donors (Lipinski definition) is 0. The number of benzene rings is 6. The molecule has 2 aliphatic rings. The summed E-state index contributed by atoms with van der Waals surface area (Å²) in [6.45, 7) is 15.9. The van der Waals surface area contributed by atoms with Gasteiger partial charge in [-0.1, -0.05) is 84.9 Å². The molecule has 6 heteroatoms. The van der Waals surface area contributed by atoms with E-state index in [1.54, 1.807) is 0 Å². The van der Waals surface area contributed by atoms with Gasteiger partial charge in [0.15, 0.2) is 0 Å². The third kappa shape index (κ3) is 5.77. The summed E-state index contributed by atoms with van der Waals surface area (Å²) in [4.78, 5) is 9.04. The molecule has 6 aromatic carbocycles. The van der Waals surface area contributed by atoms with Crippen molar-refractivity contribution < 1.29 is 21.1 Å². The van der Waals surface area contributed by atoms with Crippen LogP contribution in [0.25, 0.3) is 22.3 Å². The van der Waals surface area contributed by atoms with Crippen molar-refractivity contribution in [2.75, 3.05) is 26.6 Å². The molecule has 2 aliphatic heterocycles. The molecule has 242 valence electrons. The first kappa shape index (κ1) is 33.6. The SMILES string of the molecule is Cc1c(C)c(-c2ccccc2)c(N2[CH-]N(c3[c-]c(N4[CH-]N(C)c5ccccc54)ccc3)c3ccccc32)c(-c2ccccc2)c1C.[C-]#N.[Pt+4]. The molecular formula is C43H35N5Pt. The number of anilines is 7. The average Bonchev–Trinajstić information content (AvgIpc) is 3.70. The van der Waals surface area contributed by atoms with Crippen LogP contribution in [-0.2, 0) is 21.1 Å². The molecule has 2 heterocycles. The van der Waals surface area contributed by atoms with Crippen LogP contribution < -0.4 is 19.6 Å². The third-order valence-corrected chi connectivity index (χ3v) is 9.44. The Morgan fingerprint density at radius 1 is 0.490 bits per heavy atom. The van der Waals surface area contributed by atoms with E-state index in [1.165, 1.54) is 50.3 Å². The van der Waals surface area contributed by atoms with E-state index in [9.17, 15) is 0 Å². The Bertz CT molecular complexity index is 2060. The fourth-order valence-corrected chi connectivity index (χ4v) is 6.96. The largest absolute Gasteiger partial charge is 4.00 e. The maximum atomic E-state index is 6.25. The maximum Gasteiger partial charge on any atom is 4.00 e. The predicted molar refractivity (Wildman–Crippen MR) is 198 cm³/mol. The standard InChI is InChI=1S/C42H35N4.CN.Pt/c1-29-30(2)40(32-16-7-5-8-17-32)42(41(31(29)3)33-18-9-6-10-19-33)46-28-45(38-24-13-14-25-39(38)46)35-21-15-20-34(26-35)44-27-43(4)36-22-11-12-23-37(36)44;1-2;/h5-25,27-28H,1-4H3;;/q-3;-1;+4. The Morgan fingerprint density at radius 2 is 0.898 bits per heavy atom. The molecule has 0 aliphatic carbocycles. The topological polar surface area (TPSA) is 36.8 Å². The Kier molecular flexibility index (Phi) is 9.63. The zero-order valence-electron chi connectivity index (χ0n) is 27.8. The second-order valence-electron chi connectivity index (χ2n) is 12.1. The van der Waals surface area contributed by atoms with Crippen molar-refractivity contribution in [2.24, 2.45) is 0 Å². The quantitative estimate of drug-likeness (QED) is 0.162. The van der Waals surface area contributed by atoms with Gasteiger partial charge in [0.2, 0.25) is 0 Å². The fourth-order valence-electron chi connectivity index (χ4n) is 6.96. The molecule has 0 atom stereocenters. The summed E-state index contributed by atoms with van der Waals surface area (Å²) in [6.07, 6.45) is 0. The monoisotopic (exact) mass is 816 g/mol. The number of fused-ring (bicyclic) bond motifs is 2. The van der Waals surface area contributed by atoms with Crippen molar-refractivity contribution >= 4 is 39.8 Å². The molecule has 0 bridgehead atoms. The first-order valence-electron chi connectivity index (χ1n) is 16.0. The van der Waals surface area contributed by atoms with Gasteiger partial charge in [-0.3, -0.25) is 0 Å². The number of para-hydroxylation sites is 4. The zero-order valence-corrected chi connectivity index (χ0v) is 30.1. The molecule has 0 amide bonds. The summed E-state index contributed by atoms with van der Waals surface area (Å²) in [5.41, 5.74) is 16.6. The van der Waals surface area contributed by atoms with Crippen molar-refractivity contribution in [3.05, 3.63) is 170 Å². The van der Waals surface area contributed by atoms with Crippen LogP contribution in [0.5, 0.6) is 0 Å². The second-order valence-corrected chi connectivity index (χ2v) is 12.1. The third-order valence-electron chi connectivity index (χ3n) is 9.44. The van der Waals surface area contributed by atoms with Gasteiger partial charge in [-0.25, -0.2) is 0 Å². The van der Waals surface area contributed by atoms with Gasteiger partial charge in [0.05, 0.1) is 0 Å². The maximum absolute atomic E-state index is 6.25. The van der Waals surface area contributed by atoms with Gasteiger partial charge in [-0.05, 0) is 79.9 Å². The molecule has 0 fully saturated rings. The van der Waals surface area contributed by atoms with Crippen LogP contribution in [0.15, 0.2) is 127 Å². The molecule has 5 nitrogen and oxygen atoms in total. The van der Waals surface area contributed by atoms with Crippen LogP contribution in [0.3, 0.4) is 0 Å². The normalized spacial score (nSPS) is 12.9. The van der Waals surface area contributed by atoms with Crippen LogP contribution in [0.2, 0.25) is 0 Å². The van der Waals surface area contributed by atoms with E-state index in [-0.39, 0.29) is 21.1 Å². The van der Waals surface area contributed by atoms with Gasteiger partial charge >= 0.3 is 21.1 Å². The average molecular weight is 817 g/mol. The molecule has 0 saturated carbocycles. The van der Waals surface area contributed by atoms with Crippen LogP contribution in [-0.4, -0.2) is 7.05 Å². The van der Waals surface area contributed by atoms with Gasteiger partial charge < -0.3 is 31.4 Å². The van der Waals surface area contributed by atoms with Gasteiger partial charge in [-0.2, -0.15) is 12.7 Å². The van der Waals surface area contributed by atoms with Crippen molar-refractivity contribution in [1.29, 1.82) is 5.26 Å². The summed E-state index contributed by atoms with van der Waals surface area (Å²) in [6, 6.07) is 49.0. The molecule has 49 heavy (non-hydrogen) atoms. The van der Waals surface area contributed by atoms with Gasteiger partial charge in [0, 0.05) is 39.6 Å². The smallest absolute Gasteiger partial charge is 0.512 e. The second kappa shape index (κ2) is 14.0. The minimum absolute atomic E-state index is 0. The van der Waals surface area contributed by atoms with Crippen LogP contribution >= 0.6 is 0 Å². The van der Waals surface area contributed by atoms with E-state index in [4.69, 9.17) is 11.8 Å². The van der Waals surface area contributed by atoms with Crippen LogP contribution in [0.1, 0.15) is 16.7 Å². The van der Waals surface area contributed by atoms with Gasteiger partial charge in [-0.15, -0.1) is 36.2 Å². The van der Waals surface area contributed by atoms with Crippen LogP contribution in [0, 0.1) is 52.0 Å². The van der Waals surface area contributed by atoms with E-state index in [1.807, 2.05) is 0 Å². The molecular weight excluding hydrogens is 782 g/mol. The van der Waals surface area contributed by atoms with E-state index in [0.717, 1.165) is 28.4 Å². The van der Waals surface area contributed by atoms with E-state index in [2.05, 4.69) is 194 Å². The molecule has 0 unspecified atom stereocenters. The molecule has 0 saturated heterocycles. The number of hydrogen-bond acceptors (Lipinski definition) is 5. The Morgan fingerprint density at radius 3 is 1.41 bits per heavy atom. The Labute approximate surface area is 304 Å². The Balaban J connectivity index is 0.00000136. The molecule has 8 rings (SSSR count). The minimum atomic E-state index is 0. The molecule has 0 N–H and O–H groups in total. The van der Waals surface area contributed by atoms with E-state index in [0.29, 0.717) is 0 Å². The number of nitrogens with zero attached hydrogens (tertiary/aromatic N) is 5. The van der Waals surface area contributed by atoms with Crippen LogP contribution in [0.4, 0.5) is 39.8 Å². The van der Waals surface area contributed by atoms with Crippen molar-refractivity contribution in [3.63, 3.8) is 0 Å². The summed E-state index contributed by atoms with van der Waals surface area (Å²) >= 11 is 0. The summed E-state index contributed by atoms with van der Waals surface area (Å²) in [5.74, 6) is 0. The molecule has 0 radical (unpaired) electrons. The molecule has 0 spiro atoms. The van der Waals surface area contributed by atoms with Gasteiger partial charge in [0.1, 0.15) is 0 Å². The van der Waals surface area contributed by atoms with Gasteiger partial charge in [0.25, 0.3) is 0 Å². The first-order valence-corrected chi connectivity index (χ1v) is 16.0. The summed E-state index contributed by atoms with van der Waals surface area (Å²) < 4.78 is 0. The molecule has 6 aromatic rings. The van der Waals surface area contributed by atoms with E-state index >= 15 is 0 Å². The molecule has 0 aromatic heterocycles. The summed E-state index contributed by atoms with van der Waals surface area (Å²) in [7, 11) is 2.09. The van der Waals surface area contributed by atoms with Crippen molar-refractivity contribution in [3.8, 4) is 22.3 Å². The first-order chi connectivity index (χ1) is 23.5. The summed E-state index contributed by atoms with van der Waals surface area (Å²) in [5, 5.41) is 6.25.